The van der Waals surface area contributed by atoms with Crippen LogP contribution in [0.5, 0.6) is 0 Å². The number of thiophene rings is 1. The number of nitrogen functional groups attached to an aromatic ring is 1. The molecule has 0 radical (unpaired) electrons. The number of fused-ring (bicyclic) bond motifs is 2. The van der Waals surface area contributed by atoms with E-state index < -0.39 is 5.91 Å². The van der Waals surface area contributed by atoms with Crippen LogP contribution in [0.15, 0.2) is 34.7 Å². The van der Waals surface area contributed by atoms with Crippen molar-refractivity contribution in [3.05, 3.63) is 40.8 Å². The molecule has 1 aliphatic heterocycles. The summed E-state index contributed by atoms with van der Waals surface area (Å²) in [7, 11) is 0. The molecule has 34 heavy (non-hydrogen) atoms. The van der Waals surface area contributed by atoms with E-state index in [4.69, 9.17) is 15.9 Å². The summed E-state index contributed by atoms with van der Waals surface area (Å²) in [5.74, 6) is 0.342. The molecule has 9 heteroatoms. The molecular weight excluding hydrogens is 448 g/mol. The molecule has 4 aromatic rings. The minimum atomic E-state index is -0.620. The molecule has 1 aromatic carbocycles. The van der Waals surface area contributed by atoms with E-state index in [0.717, 1.165) is 42.8 Å². The lowest BCUT2D eigenvalue weighted by Gasteiger charge is -2.26. The van der Waals surface area contributed by atoms with E-state index in [9.17, 15) is 10.1 Å². The number of nitrogens with two attached hydrogens (primary N) is 2. The summed E-state index contributed by atoms with van der Waals surface area (Å²) in [6.07, 6.45) is 4.76. The molecular formula is C25H26N6O2S. The lowest BCUT2D eigenvalue weighted by atomic mass is 10.0. The third-order valence-electron chi connectivity index (χ3n) is 6.28. The van der Waals surface area contributed by atoms with Gasteiger partial charge in [0.1, 0.15) is 38.5 Å². The Bertz CT molecular complexity index is 1380. The van der Waals surface area contributed by atoms with Gasteiger partial charge in [-0.3, -0.25) is 4.79 Å². The van der Waals surface area contributed by atoms with Crippen LogP contribution in [0.2, 0.25) is 0 Å². The lowest BCUT2D eigenvalue weighted by molar-refractivity contribution is 0.100. The minimum absolute atomic E-state index is 0.226. The SMILES string of the molecule is N#Cc1c(NCCCN2CCCCC2)nc2sc(C(N)=O)c(N)c2c1-c1cc2ccccc2o1. The third-order valence-corrected chi connectivity index (χ3v) is 7.39. The van der Waals surface area contributed by atoms with E-state index in [1.165, 1.54) is 19.3 Å². The summed E-state index contributed by atoms with van der Waals surface area (Å²) in [5.41, 5.74) is 13.7. The Labute approximate surface area is 201 Å². The number of piperidine rings is 1. The molecule has 0 spiro atoms. The monoisotopic (exact) mass is 474 g/mol. The fourth-order valence-corrected chi connectivity index (χ4v) is 5.57. The van der Waals surface area contributed by atoms with Crippen molar-refractivity contribution in [2.75, 3.05) is 37.2 Å². The van der Waals surface area contributed by atoms with Gasteiger partial charge >= 0.3 is 0 Å². The quantitative estimate of drug-likeness (QED) is 0.334. The number of rotatable bonds is 7. The van der Waals surface area contributed by atoms with Crippen LogP contribution in [-0.2, 0) is 0 Å². The van der Waals surface area contributed by atoms with Crippen molar-refractivity contribution >= 4 is 49.9 Å². The average molecular weight is 475 g/mol. The number of carbonyl (C=O) groups excluding carboxylic acids is 1. The summed E-state index contributed by atoms with van der Waals surface area (Å²) < 4.78 is 6.11. The Morgan fingerprint density at radius 2 is 2.06 bits per heavy atom. The van der Waals surface area contributed by atoms with Gasteiger partial charge in [0.2, 0.25) is 0 Å². The molecule has 5 rings (SSSR count). The number of nitrogens with zero attached hydrogens (tertiary/aromatic N) is 3. The number of nitrogens with one attached hydrogen (secondary N) is 1. The Morgan fingerprint density at radius 3 is 2.79 bits per heavy atom. The van der Waals surface area contributed by atoms with Gasteiger partial charge in [0, 0.05) is 17.3 Å². The normalized spacial score (nSPS) is 14.4. The number of pyridine rings is 1. The van der Waals surface area contributed by atoms with Crippen LogP contribution in [0.1, 0.15) is 40.9 Å². The summed E-state index contributed by atoms with van der Waals surface area (Å²) in [4.78, 5) is 19.9. The number of para-hydroxylation sites is 1. The zero-order valence-electron chi connectivity index (χ0n) is 18.8. The van der Waals surface area contributed by atoms with E-state index >= 15 is 0 Å². The van der Waals surface area contributed by atoms with Gasteiger partial charge < -0.3 is 26.1 Å². The van der Waals surface area contributed by atoms with E-state index in [1.807, 2.05) is 30.3 Å². The first-order valence-corrected chi connectivity index (χ1v) is 12.3. The van der Waals surface area contributed by atoms with Gasteiger partial charge in [0.25, 0.3) is 5.91 Å². The maximum atomic E-state index is 12.0. The lowest BCUT2D eigenvalue weighted by Crippen LogP contribution is -2.31. The smallest absolute Gasteiger partial charge is 0.260 e. The maximum absolute atomic E-state index is 12.0. The predicted molar refractivity (Wildman–Crippen MR) is 136 cm³/mol. The number of amides is 1. The van der Waals surface area contributed by atoms with Gasteiger partial charge in [-0.1, -0.05) is 24.6 Å². The molecule has 5 N–H and O–H groups in total. The van der Waals surface area contributed by atoms with Gasteiger partial charge in [0.15, 0.2) is 0 Å². The molecule has 0 aliphatic carbocycles. The fraction of sp³-hybridized carbons (Fsp3) is 0.320. The van der Waals surface area contributed by atoms with Crippen molar-refractivity contribution in [3.63, 3.8) is 0 Å². The first-order valence-electron chi connectivity index (χ1n) is 11.5. The predicted octanol–water partition coefficient (Wildman–Crippen LogP) is 4.55. The van der Waals surface area contributed by atoms with Crippen molar-refractivity contribution in [2.24, 2.45) is 5.73 Å². The topological polar surface area (TPSA) is 134 Å². The number of nitriles is 1. The molecule has 0 atom stereocenters. The van der Waals surface area contributed by atoms with Crippen molar-refractivity contribution < 1.29 is 9.21 Å². The Kier molecular flexibility index (Phi) is 6.09. The zero-order valence-corrected chi connectivity index (χ0v) is 19.6. The molecule has 4 heterocycles. The van der Waals surface area contributed by atoms with E-state index in [-0.39, 0.29) is 10.6 Å². The number of anilines is 2. The van der Waals surface area contributed by atoms with Crippen LogP contribution in [-0.4, -0.2) is 42.0 Å². The standard InChI is InChI=1S/C25H26N6O2S/c26-14-16-19(18-13-15-7-2-3-8-17(15)33-18)20-21(27)22(23(28)32)34-25(20)30-24(16)29-9-6-12-31-10-4-1-5-11-31/h2-3,7-8,13H,1,4-6,9-12,27H2,(H2,28,32)(H,29,30). The Balaban J connectivity index is 1.56. The number of furan rings is 1. The highest BCUT2D eigenvalue weighted by Crippen LogP contribution is 2.44. The molecule has 1 aliphatic rings. The summed E-state index contributed by atoms with van der Waals surface area (Å²) in [6, 6.07) is 11.8. The Morgan fingerprint density at radius 1 is 1.26 bits per heavy atom. The van der Waals surface area contributed by atoms with Gasteiger partial charge in [-0.05, 0) is 51.0 Å². The van der Waals surface area contributed by atoms with Crippen molar-refractivity contribution in [1.29, 1.82) is 5.26 Å². The number of primary amides is 1. The van der Waals surface area contributed by atoms with Crippen LogP contribution in [0, 0.1) is 11.3 Å². The first-order chi connectivity index (χ1) is 16.6. The van der Waals surface area contributed by atoms with Crippen molar-refractivity contribution in [2.45, 2.75) is 25.7 Å². The van der Waals surface area contributed by atoms with E-state index in [0.29, 0.717) is 45.0 Å². The molecule has 1 fully saturated rings. The second kappa shape index (κ2) is 9.33. The van der Waals surface area contributed by atoms with Crippen molar-refractivity contribution in [3.8, 4) is 17.4 Å². The van der Waals surface area contributed by atoms with Crippen LogP contribution in [0.3, 0.4) is 0 Å². The van der Waals surface area contributed by atoms with E-state index in [2.05, 4.69) is 21.3 Å². The highest BCUT2D eigenvalue weighted by molar-refractivity contribution is 7.21. The minimum Gasteiger partial charge on any atom is -0.456 e. The molecule has 0 saturated carbocycles. The van der Waals surface area contributed by atoms with Gasteiger partial charge in [-0.2, -0.15) is 5.26 Å². The maximum Gasteiger partial charge on any atom is 0.260 e. The molecule has 3 aromatic heterocycles. The highest BCUT2D eigenvalue weighted by atomic mass is 32.1. The molecule has 0 unspecified atom stereocenters. The van der Waals surface area contributed by atoms with Gasteiger partial charge in [-0.25, -0.2) is 4.98 Å². The molecule has 8 nitrogen and oxygen atoms in total. The number of hydrogen-bond acceptors (Lipinski definition) is 8. The van der Waals surface area contributed by atoms with Crippen LogP contribution in [0.25, 0.3) is 32.5 Å². The van der Waals surface area contributed by atoms with Gasteiger partial charge in [0.05, 0.1) is 11.3 Å². The molecule has 1 amide bonds. The Hall–Kier alpha value is -3.61. The number of aromatic nitrogens is 1. The average Bonchev–Trinajstić information content (AvgIpc) is 3.42. The van der Waals surface area contributed by atoms with Crippen LogP contribution in [0.4, 0.5) is 11.5 Å². The summed E-state index contributed by atoms with van der Waals surface area (Å²) >= 11 is 1.13. The van der Waals surface area contributed by atoms with Crippen molar-refractivity contribution in [1.82, 2.24) is 9.88 Å². The zero-order chi connectivity index (χ0) is 23.7. The number of hydrogen-bond donors (Lipinski definition) is 3. The van der Waals surface area contributed by atoms with Crippen LogP contribution < -0.4 is 16.8 Å². The number of carbonyl (C=O) groups is 1. The molecule has 1 saturated heterocycles. The summed E-state index contributed by atoms with van der Waals surface area (Å²) in [5, 5.41) is 14.9. The molecule has 174 valence electrons. The number of benzene rings is 1. The first kappa shape index (κ1) is 22.2. The second-order valence-corrected chi connectivity index (χ2v) is 9.54. The second-order valence-electron chi connectivity index (χ2n) is 8.54. The summed E-state index contributed by atoms with van der Waals surface area (Å²) in [6.45, 7) is 3.97. The molecule has 0 bridgehead atoms. The van der Waals surface area contributed by atoms with Gasteiger partial charge in [-0.15, -0.1) is 11.3 Å². The van der Waals surface area contributed by atoms with Crippen LogP contribution >= 0.6 is 11.3 Å². The highest BCUT2D eigenvalue weighted by Gasteiger charge is 2.26. The largest absolute Gasteiger partial charge is 0.456 e. The third kappa shape index (κ3) is 4.06. The fourth-order valence-electron chi connectivity index (χ4n) is 4.62. The van der Waals surface area contributed by atoms with E-state index in [1.54, 1.807) is 0 Å². The number of likely N-dealkylation sites (tertiary alicyclic amines) is 1.